The lowest BCUT2D eigenvalue weighted by Crippen LogP contribution is -2.20. The van der Waals surface area contributed by atoms with Gasteiger partial charge in [0.05, 0.1) is 23.8 Å². The molecule has 126 valence electrons. The molecule has 0 saturated heterocycles. The maximum absolute atomic E-state index is 12.2. The fraction of sp³-hybridized carbons (Fsp3) is 0.0769. The van der Waals surface area contributed by atoms with Crippen LogP contribution in [0.2, 0.25) is 0 Å². The molecular weight excluding hydrogens is 358 g/mol. The average Bonchev–Trinajstić information content (AvgIpc) is 3.05. The monoisotopic (exact) mass is 369 g/mol. The molecular formula is C13H11N3O6S2. The number of hydrogen-bond acceptors (Lipinski definition) is 8. The minimum Gasteiger partial charge on any atom is -0.465 e. The van der Waals surface area contributed by atoms with Gasteiger partial charge >= 0.3 is 5.97 Å². The van der Waals surface area contributed by atoms with Crippen LogP contribution in [-0.2, 0) is 14.8 Å². The number of non-ortho nitro benzene ring substituents is 1. The lowest BCUT2D eigenvalue weighted by Gasteiger charge is -2.03. The van der Waals surface area contributed by atoms with E-state index in [1.807, 2.05) is 4.83 Å². The zero-order valence-electron chi connectivity index (χ0n) is 12.2. The molecule has 1 N–H and O–H groups in total. The summed E-state index contributed by atoms with van der Waals surface area (Å²) in [5, 5.41) is 16.8. The van der Waals surface area contributed by atoms with Crippen molar-refractivity contribution in [3.63, 3.8) is 0 Å². The molecule has 0 saturated carbocycles. The number of esters is 1. The van der Waals surface area contributed by atoms with E-state index in [2.05, 4.69) is 9.84 Å². The largest absolute Gasteiger partial charge is 0.465 e. The Balaban J connectivity index is 2.14. The lowest BCUT2D eigenvalue weighted by atomic mass is 10.2. The fourth-order valence-electron chi connectivity index (χ4n) is 1.65. The maximum Gasteiger partial charge on any atom is 0.340 e. The van der Waals surface area contributed by atoms with E-state index in [4.69, 9.17) is 0 Å². The SMILES string of the molecule is COC(=O)c1cscc1S(=O)(=O)N/N=C/c1ccc([N+](=O)[O-])cc1. The van der Waals surface area contributed by atoms with Gasteiger partial charge in [-0.15, -0.1) is 0 Å². The Hall–Kier alpha value is -2.79. The predicted molar refractivity (Wildman–Crippen MR) is 86.7 cm³/mol. The van der Waals surface area contributed by atoms with Gasteiger partial charge in [-0.2, -0.15) is 24.9 Å². The molecule has 0 aliphatic rings. The van der Waals surface area contributed by atoms with E-state index in [9.17, 15) is 23.3 Å². The van der Waals surface area contributed by atoms with Crippen LogP contribution in [0, 0.1) is 10.1 Å². The van der Waals surface area contributed by atoms with Crippen molar-refractivity contribution in [3.05, 3.63) is 56.3 Å². The van der Waals surface area contributed by atoms with Crippen LogP contribution in [0.5, 0.6) is 0 Å². The summed E-state index contributed by atoms with van der Waals surface area (Å²) in [4.78, 5) is 23.3. The quantitative estimate of drug-likeness (QED) is 0.357. The van der Waals surface area contributed by atoms with Crippen molar-refractivity contribution in [1.82, 2.24) is 4.83 Å². The number of thiophene rings is 1. The number of carbonyl (C=O) groups is 1. The highest BCUT2D eigenvalue weighted by molar-refractivity contribution is 7.89. The van der Waals surface area contributed by atoms with Crippen molar-refractivity contribution in [2.24, 2.45) is 5.10 Å². The van der Waals surface area contributed by atoms with Gasteiger partial charge in [0.25, 0.3) is 15.7 Å². The molecule has 2 aromatic rings. The van der Waals surface area contributed by atoms with Gasteiger partial charge in [0.1, 0.15) is 4.90 Å². The molecule has 0 spiro atoms. The van der Waals surface area contributed by atoms with Gasteiger partial charge in [0.15, 0.2) is 0 Å². The number of nitrogens with zero attached hydrogens (tertiary/aromatic N) is 2. The summed E-state index contributed by atoms with van der Waals surface area (Å²) >= 11 is 1.04. The van der Waals surface area contributed by atoms with Gasteiger partial charge in [-0.3, -0.25) is 10.1 Å². The first kappa shape index (κ1) is 17.6. The zero-order chi connectivity index (χ0) is 17.7. The van der Waals surface area contributed by atoms with Crippen molar-refractivity contribution in [2.45, 2.75) is 4.90 Å². The van der Waals surface area contributed by atoms with E-state index in [0.717, 1.165) is 18.4 Å². The first-order valence-corrected chi connectivity index (χ1v) is 8.71. The van der Waals surface area contributed by atoms with E-state index >= 15 is 0 Å². The summed E-state index contributed by atoms with van der Waals surface area (Å²) in [6.45, 7) is 0. The summed E-state index contributed by atoms with van der Waals surface area (Å²) in [7, 11) is -2.89. The first-order chi connectivity index (χ1) is 11.3. The Bertz CT molecular complexity index is 887. The molecule has 0 aliphatic heterocycles. The number of hydrogen-bond donors (Lipinski definition) is 1. The Morgan fingerprint density at radius 3 is 2.58 bits per heavy atom. The van der Waals surface area contributed by atoms with Crippen LogP contribution < -0.4 is 4.83 Å². The summed E-state index contributed by atoms with van der Waals surface area (Å²) < 4.78 is 28.8. The lowest BCUT2D eigenvalue weighted by molar-refractivity contribution is -0.384. The van der Waals surface area contributed by atoms with Crippen LogP contribution in [-0.4, -0.2) is 32.6 Å². The number of nitro groups is 1. The Labute approximate surface area is 140 Å². The highest BCUT2D eigenvalue weighted by Gasteiger charge is 2.23. The average molecular weight is 369 g/mol. The van der Waals surface area contributed by atoms with Crippen LogP contribution in [0.15, 0.2) is 45.0 Å². The number of sulfonamides is 1. The molecule has 0 unspecified atom stereocenters. The van der Waals surface area contributed by atoms with E-state index in [-0.39, 0.29) is 16.1 Å². The number of carbonyl (C=O) groups excluding carboxylic acids is 1. The molecule has 0 fully saturated rings. The molecule has 1 aromatic heterocycles. The molecule has 0 radical (unpaired) electrons. The standard InChI is InChI=1S/C13H11N3O6S2/c1-22-13(17)11-7-23-8-12(11)24(20,21)15-14-6-9-2-4-10(5-3-9)16(18)19/h2-8,15H,1H3/b14-6+. The molecule has 24 heavy (non-hydrogen) atoms. The molecule has 0 bridgehead atoms. The molecule has 1 aromatic carbocycles. The van der Waals surface area contributed by atoms with Crippen molar-refractivity contribution >= 4 is 39.2 Å². The smallest absolute Gasteiger partial charge is 0.340 e. The molecule has 11 heteroatoms. The second-order valence-corrected chi connectivity index (χ2v) is 6.72. The Kier molecular flexibility index (Phi) is 5.26. The molecule has 1 heterocycles. The van der Waals surface area contributed by atoms with E-state index in [1.54, 1.807) is 0 Å². The molecule has 9 nitrogen and oxygen atoms in total. The van der Waals surface area contributed by atoms with Gasteiger partial charge in [-0.05, 0) is 17.7 Å². The summed E-state index contributed by atoms with van der Waals surface area (Å²) in [5.41, 5.74) is 0.288. The number of hydrazone groups is 1. The second-order valence-electron chi connectivity index (χ2n) is 4.34. The Morgan fingerprint density at radius 2 is 2.00 bits per heavy atom. The molecule has 0 amide bonds. The summed E-state index contributed by atoms with van der Waals surface area (Å²) in [6, 6.07) is 5.37. The van der Waals surface area contributed by atoms with Crippen LogP contribution in [0.25, 0.3) is 0 Å². The normalized spacial score (nSPS) is 11.4. The highest BCUT2D eigenvalue weighted by atomic mass is 32.2. The number of ether oxygens (including phenoxy) is 1. The second kappa shape index (κ2) is 7.19. The Morgan fingerprint density at radius 1 is 1.33 bits per heavy atom. The third kappa shape index (κ3) is 3.94. The van der Waals surface area contributed by atoms with E-state index < -0.39 is 20.9 Å². The van der Waals surface area contributed by atoms with Crippen molar-refractivity contribution < 1.29 is 22.9 Å². The minimum atomic E-state index is -4.04. The zero-order valence-corrected chi connectivity index (χ0v) is 13.8. The third-order valence-corrected chi connectivity index (χ3v) is 4.97. The topological polar surface area (TPSA) is 128 Å². The van der Waals surface area contributed by atoms with Gasteiger partial charge in [0.2, 0.25) is 0 Å². The van der Waals surface area contributed by atoms with Gasteiger partial charge in [0, 0.05) is 22.9 Å². The number of rotatable bonds is 6. The molecule has 0 atom stereocenters. The van der Waals surface area contributed by atoms with Crippen LogP contribution in [0.3, 0.4) is 0 Å². The van der Waals surface area contributed by atoms with Gasteiger partial charge in [-0.1, -0.05) is 0 Å². The number of methoxy groups -OCH3 is 1. The van der Waals surface area contributed by atoms with Gasteiger partial charge in [-0.25, -0.2) is 9.63 Å². The summed E-state index contributed by atoms with van der Waals surface area (Å²) in [6.07, 6.45) is 1.19. The van der Waals surface area contributed by atoms with Crippen LogP contribution in [0.4, 0.5) is 5.69 Å². The van der Waals surface area contributed by atoms with E-state index in [0.29, 0.717) is 5.56 Å². The number of benzene rings is 1. The summed E-state index contributed by atoms with van der Waals surface area (Å²) in [5.74, 6) is -0.768. The predicted octanol–water partition coefficient (Wildman–Crippen LogP) is 1.76. The van der Waals surface area contributed by atoms with Crippen molar-refractivity contribution in [3.8, 4) is 0 Å². The molecule has 0 aliphatic carbocycles. The third-order valence-electron chi connectivity index (χ3n) is 2.81. The van der Waals surface area contributed by atoms with Gasteiger partial charge < -0.3 is 4.74 Å². The minimum absolute atomic E-state index is 0.0828. The van der Waals surface area contributed by atoms with Crippen LogP contribution >= 0.6 is 11.3 Å². The van der Waals surface area contributed by atoms with Crippen molar-refractivity contribution in [2.75, 3.05) is 7.11 Å². The van der Waals surface area contributed by atoms with Crippen LogP contribution in [0.1, 0.15) is 15.9 Å². The number of nitrogens with one attached hydrogen (secondary N) is 1. The fourth-order valence-corrected chi connectivity index (χ4v) is 3.80. The maximum atomic E-state index is 12.2. The first-order valence-electron chi connectivity index (χ1n) is 6.29. The molecule has 2 rings (SSSR count). The highest BCUT2D eigenvalue weighted by Crippen LogP contribution is 2.21. The number of nitro benzene ring substituents is 1. The van der Waals surface area contributed by atoms with E-state index in [1.165, 1.54) is 41.2 Å². The van der Waals surface area contributed by atoms with Crippen molar-refractivity contribution in [1.29, 1.82) is 0 Å².